The van der Waals surface area contributed by atoms with Gasteiger partial charge in [-0.2, -0.15) is 0 Å². The molecule has 0 aliphatic heterocycles. The molecule has 4 heteroatoms. The van der Waals surface area contributed by atoms with E-state index in [0.29, 0.717) is 0 Å². The van der Waals surface area contributed by atoms with Gasteiger partial charge in [0.25, 0.3) is 0 Å². The van der Waals surface area contributed by atoms with Gasteiger partial charge in [0.2, 0.25) is 0 Å². The number of benzene rings is 1. The number of hydrogen-bond donors (Lipinski definition) is 2. The Labute approximate surface area is 108 Å². The molecule has 0 aliphatic rings. The maximum absolute atomic E-state index is 5.67. The summed E-state index contributed by atoms with van der Waals surface area (Å²) in [5.74, 6) is 5.67. The zero-order valence-electron chi connectivity index (χ0n) is 10.9. The molecule has 1 aromatic heterocycles. The van der Waals surface area contributed by atoms with Crippen LogP contribution in [0.1, 0.15) is 36.2 Å². The second-order valence-corrected chi connectivity index (χ2v) is 4.52. The van der Waals surface area contributed by atoms with E-state index in [4.69, 9.17) is 5.84 Å². The van der Waals surface area contributed by atoms with E-state index >= 15 is 0 Å². The first kappa shape index (κ1) is 12.8. The van der Waals surface area contributed by atoms with E-state index in [9.17, 15) is 0 Å². The minimum absolute atomic E-state index is 0.0202. The molecule has 1 heterocycles. The van der Waals surface area contributed by atoms with Crippen molar-refractivity contribution in [1.29, 1.82) is 0 Å². The lowest BCUT2D eigenvalue weighted by molar-refractivity contribution is 0.597. The smallest absolute Gasteiger partial charge is 0.0946 e. The van der Waals surface area contributed by atoms with Crippen molar-refractivity contribution < 1.29 is 0 Å². The number of aryl methyl sites for hydroxylation is 2. The molecule has 1 aromatic carbocycles. The van der Waals surface area contributed by atoms with Crippen molar-refractivity contribution in [3.8, 4) is 0 Å². The standard InChI is InChI=1S/C14H20N4/c1-3-4-11-5-7-12(8-6-11)14(17-15)13-9-16-10-18(13)2/h5-10,14,17H,3-4,15H2,1-2H3. The number of aromatic nitrogens is 2. The highest BCUT2D eigenvalue weighted by Gasteiger charge is 2.15. The Morgan fingerprint density at radius 3 is 2.56 bits per heavy atom. The first-order valence-corrected chi connectivity index (χ1v) is 6.27. The van der Waals surface area contributed by atoms with E-state index < -0.39 is 0 Å². The molecule has 0 bridgehead atoms. The SMILES string of the molecule is CCCc1ccc(C(NN)c2cncn2C)cc1. The Balaban J connectivity index is 2.25. The van der Waals surface area contributed by atoms with Gasteiger partial charge in [-0.25, -0.2) is 10.4 Å². The van der Waals surface area contributed by atoms with Crippen LogP contribution in [0.3, 0.4) is 0 Å². The molecule has 0 spiro atoms. The van der Waals surface area contributed by atoms with Crippen LogP contribution in [0.5, 0.6) is 0 Å². The van der Waals surface area contributed by atoms with E-state index in [0.717, 1.165) is 17.7 Å². The Hall–Kier alpha value is -1.65. The summed E-state index contributed by atoms with van der Waals surface area (Å²) < 4.78 is 1.98. The van der Waals surface area contributed by atoms with Crippen LogP contribution < -0.4 is 11.3 Å². The van der Waals surface area contributed by atoms with E-state index in [-0.39, 0.29) is 6.04 Å². The fraction of sp³-hybridized carbons (Fsp3) is 0.357. The molecule has 96 valence electrons. The van der Waals surface area contributed by atoms with Crippen LogP contribution in [0.25, 0.3) is 0 Å². The Morgan fingerprint density at radius 1 is 1.33 bits per heavy atom. The topological polar surface area (TPSA) is 55.9 Å². The van der Waals surface area contributed by atoms with Gasteiger partial charge >= 0.3 is 0 Å². The van der Waals surface area contributed by atoms with Gasteiger partial charge in [0, 0.05) is 7.05 Å². The van der Waals surface area contributed by atoms with Crippen LogP contribution in [0.15, 0.2) is 36.8 Å². The van der Waals surface area contributed by atoms with Gasteiger partial charge in [0.1, 0.15) is 0 Å². The van der Waals surface area contributed by atoms with Crippen LogP contribution in [0.2, 0.25) is 0 Å². The average Bonchev–Trinajstić information content (AvgIpc) is 2.79. The highest BCUT2D eigenvalue weighted by atomic mass is 15.2. The molecule has 0 fully saturated rings. The maximum atomic E-state index is 5.67. The predicted molar refractivity (Wildman–Crippen MR) is 72.8 cm³/mol. The van der Waals surface area contributed by atoms with Gasteiger partial charge in [-0.1, -0.05) is 37.6 Å². The maximum Gasteiger partial charge on any atom is 0.0946 e. The average molecular weight is 244 g/mol. The molecular formula is C14H20N4. The molecule has 4 nitrogen and oxygen atoms in total. The van der Waals surface area contributed by atoms with Crippen LogP contribution in [0, 0.1) is 0 Å². The number of hydrazine groups is 1. The number of nitrogens with one attached hydrogen (secondary N) is 1. The normalized spacial score (nSPS) is 12.6. The van der Waals surface area contributed by atoms with Crippen molar-refractivity contribution in [2.24, 2.45) is 12.9 Å². The van der Waals surface area contributed by atoms with Gasteiger partial charge in [-0.3, -0.25) is 5.84 Å². The van der Waals surface area contributed by atoms with Gasteiger partial charge in [-0.15, -0.1) is 0 Å². The monoisotopic (exact) mass is 244 g/mol. The lowest BCUT2D eigenvalue weighted by Gasteiger charge is -2.17. The van der Waals surface area contributed by atoms with Crippen molar-refractivity contribution in [3.63, 3.8) is 0 Å². The summed E-state index contributed by atoms with van der Waals surface area (Å²) >= 11 is 0. The van der Waals surface area contributed by atoms with E-state index in [1.165, 1.54) is 12.0 Å². The van der Waals surface area contributed by atoms with Crippen LogP contribution in [-0.4, -0.2) is 9.55 Å². The third kappa shape index (κ3) is 2.60. The fourth-order valence-electron chi connectivity index (χ4n) is 2.16. The molecule has 3 N–H and O–H groups in total. The van der Waals surface area contributed by atoms with Crippen molar-refractivity contribution in [2.45, 2.75) is 25.8 Å². The Morgan fingerprint density at radius 2 is 2.06 bits per heavy atom. The first-order chi connectivity index (χ1) is 8.76. The summed E-state index contributed by atoms with van der Waals surface area (Å²) in [5, 5.41) is 0. The highest BCUT2D eigenvalue weighted by molar-refractivity contribution is 5.30. The summed E-state index contributed by atoms with van der Waals surface area (Å²) in [6.45, 7) is 2.19. The number of rotatable bonds is 5. The third-order valence-electron chi connectivity index (χ3n) is 3.17. The summed E-state index contributed by atoms with van der Waals surface area (Å²) in [4.78, 5) is 4.13. The van der Waals surface area contributed by atoms with Gasteiger partial charge in [0.05, 0.1) is 24.3 Å². The minimum Gasteiger partial charge on any atom is -0.336 e. The molecule has 1 atom stereocenters. The predicted octanol–water partition coefficient (Wildman–Crippen LogP) is 1.93. The fourth-order valence-corrected chi connectivity index (χ4v) is 2.16. The van der Waals surface area contributed by atoms with Crippen LogP contribution in [0.4, 0.5) is 0 Å². The molecule has 2 rings (SSSR count). The third-order valence-corrected chi connectivity index (χ3v) is 3.17. The van der Waals surface area contributed by atoms with E-state index in [1.807, 2.05) is 17.8 Å². The van der Waals surface area contributed by atoms with Crippen molar-refractivity contribution in [3.05, 3.63) is 53.6 Å². The summed E-state index contributed by atoms with van der Waals surface area (Å²) in [6.07, 6.45) is 5.90. The molecule has 0 amide bonds. The second kappa shape index (κ2) is 5.80. The van der Waals surface area contributed by atoms with Crippen LogP contribution in [-0.2, 0) is 13.5 Å². The Kier molecular flexibility index (Phi) is 4.12. The quantitative estimate of drug-likeness (QED) is 0.624. The highest BCUT2D eigenvalue weighted by Crippen LogP contribution is 2.21. The second-order valence-electron chi connectivity index (χ2n) is 4.52. The van der Waals surface area contributed by atoms with E-state index in [1.54, 1.807) is 6.33 Å². The first-order valence-electron chi connectivity index (χ1n) is 6.27. The molecule has 0 radical (unpaired) electrons. The summed E-state index contributed by atoms with van der Waals surface area (Å²) in [5.41, 5.74) is 6.43. The van der Waals surface area contributed by atoms with Gasteiger partial charge in [-0.05, 0) is 17.5 Å². The number of nitrogens with two attached hydrogens (primary N) is 1. The molecule has 1 unspecified atom stereocenters. The molecule has 2 aromatic rings. The molecular weight excluding hydrogens is 224 g/mol. The lowest BCUT2D eigenvalue weighted by atomic mass is 10.0. The Bertz CT molecular complexity index is 487. The number of nitrogens with zero attached hydrogens (tertiary/aromatic N) is 2. The lowest BCUT2D eigenvalue weighted by Crippen LogP contribution is -2.30. The van der Waals surface area contributed by atoms with Crippen LogP contribution >= 0.6 is 0 Å². The van der Waals surface area contributed by atoms with Gasteiger partial charge in [0.15, 0.2) is 0 Å². The molecule has 0 saturated carbocycles. The summed E-state index contributed by atoms with van der Waals surface area (Å²) in [7, 11) is 1.97. The van der Waals surface area contributed by atoms with Crippen molar-refractivity contribution >= 4 is 0 Å². The zero-order valence-corrected chi connectivity index (χ0v) is 10.9. The summed E-state index contributed by atoms with van der Waals surface area (Å²) in [6, 6.07) is 8.57. The van der Waals surface area contributed by atoms with Gasteiger partial charge < -0.3 is 4.57 Å². The molecule has 0 aliphatic carbocycles. The number of hydrogen-bond acceptors (Lipinski definition) is 3. The molecule has 0 saturated heterocycles. The van der Waals surface area contributed by atoms with Crippen molar-refractivity contribution in [2.75, 3.05) is 0 Å². The van der Waals surface area contributed by atoms with Crippen molar-refractivity contribution in [1.82, 2.24) is 15.0 Å². The van der Waals surface area contributed by atoms with E-state index in [2.05, 4.69) is 41.6 Å². The molecule has 18 heavy (non-hydrogen) atoms. The largest absolute Gasteiger partial charge is 0.336 e. The number of imidazole rings is 1. The minimum atomic E-state index is -0.0202. The zero-order chi connectivity index (χ0) is 13.0.